The van der Waals surface area contributed by atoms with Crippen molar-refractivity contribution in [2.24, 2.45) is 5.92 Å². The summed E-state index contributed by atoms with van der Waals surface area (Å²) in [6.45, 7) is -0.288. The van der Waals surface area contributed by atoms with E-state index >= 15 is 0 Å². The van der Waals surface area contributed by atoms with Gasteiger partial charge in [-0.3, -0.25) is 4.79 Å². The number of nitrogens with one attached hydrogen (secondary N) is 1. The van der Waals surface area contributed by atoms with E-state index in [1.807, 2.05) is 14.8 Å². The largest absolute Gasteiger partial charge is 0.405 e. The van der Waals surface area contributed by atoms with E-state index < -0.39 is 24.5 Å². The van der Waals surface area contributed by atoms with Crippen LogP contribution in [0.5, 0.6) is 0 Å². The van der Waals surface area contributed by atoms with Crippen LogP contribution in [0.4, 0.5) is 19.0 Å². The number of anilines is 1. The molecule has 1 amide bonds. The smallest absolute Gasteiger partial charge is 0.354 e. The van der Waals surface area contributed by atoms with Gasteiger partial charge in [0.15, 0.2) is 17.0 Å². The van der Waals surface area contributed by atoms with E-state index in [4.69, 9.17) is 0 Å². The average molecular weight is 368 g/mol. The van der Waals surface area contributed by atoms with Crippen molar-refractivity contribution in [3.63, 3.8) is 0 Å². The molecule has 1 saturated heterocycles. The summed E-state index contributed by atoms with van der Waals surface area (Å²) >= 11 is 0. The van der Waals surface area contributed by atoms with E-state index in [0.717, 1.165) is 18.5 Å². The Morgan fingerprint density at radius 2 is 2.04 bits per heavy atom. The normalized spacial score (nSPS) is 21.2. The second-order valence-electron chi connectivity index (χ2n) is 6.87. The summed E-state index contributed by atoms with van der Waals surface area (Å²) in [4.78, 5) is 27.1. The lowest BCUT2D eigenvalue weighted by Gasteiger charge is -2.32. The predicted molar refractivity (Wildman–Crippen MR) is 87.6 cm³/mol. The van der Waals surface area contributed by atoms with Gasteiger partial charge in [-0.25, -0.2) is 15.0 Å². The van der Waals surface area contributed by atoms with Gasteiger partial charge in [0.05, 0.1) is 12.2 Å². The molecule has 2 aliphatic rings. The number of nitrogens with zero attached hydrogens (tertiary/aromatic N) is 5. The summed E-state index contributed by atoms with van der Waals surface area (Å²) in [7, 11) is 0. The molecule has 3 heterocycles. The maximum Gasteiger partial charge on any atom is 0.405 e. The second kappa shape index (κ2) is 6.40. The number of alkyl halides is 3. The van der Waals surface area contributed by atoms with E-state index in [2.05, 4.69) is 15.0 Å². The first-order chi connectivity index (χ1) is 12.4. The number of amides is 1. The molecule has 10 heteroatoms. The first-order valence-electron chi connectivity index (χ1n) is 8.69. The number of piperidine rings is 1. The van der Waals surface area contributed by atoms with Crippen LogP contribution >= 0.6 is 0 Å². The van der Waals surface area contributed by atoms with Crippen LogP contribution in [0.1, 0.15) is 31.7 Å². The summed E-state index contributed by atoms with van der Waals surface area (Å²) in [5.74, 6) is -0.426. The second-order valence-corrected chi connectivity index (χ2v) is 6.87. The van der Waals surface area contributed by atoms with Crippen LogP contribution in [0, 0.1) is 5.92 Å². The Bertz CT molecular complexity index is 816. The fraction of sp³-hybridized carbons (Fsp3) is 0.625. The van der Waals surface area contributed by atoms with Gasteiger partial charge < -0.3 is 14.8 Å². The summed E-state index contributed by atoms with van der Waals surface area (Å²) in [5, 5.41) is 1.99. The average Bonchev–Trinajstić information content (AvgIpc) is 3.37. The molecule has 1 atom stereocenters. The van der Waals surface area contributed by atoms with Crippen molar-refractivity contribution >= 4 is 22.9 Å². The van der Waals surface area contributed by atoms with Crippen molar-refractivity contribution in [3.05, 3.63) is 12.7 Å². The van der Waals surface area contributed by atoms with Gasteiger partial charge in [0.2, 0.25) is 5.91 Å². The number of aromatic nitrogens is 4. The fourth-order valence-corrected chi connectivity index (χ4v) is 3.41. The van der Waals surface area contributed by atoms with Crippen LogP contribution < -0.4 is 10.2 Å². The Morgan fingerprint density at radius 1 is 1.23 bits per heavy atom. The maximum absolute atomic E-state index is 12.3. The number of carbonyl (C=O) groups excluding carboxylic acids is 1. The highest BCUT2D eigenvalue weighted by molar-refractivity contribution is 5.84. The van der Waals surface area contributed by atoms with Gasteiger partial charge in [-0.2, -0.15) is 13.2 Å². The molecule has 1 N–H and O–H groups in total. The number of fused-ring (bicyclic) bond motifs is 1. The van der Waals surface area contributed by atoms with Crippen molar-refractivity contribution in [1.29, 1.82) is 0 Å². The number of imidazole rings is 1. The third-order valence-electron chi connectivity index (χ3n) is 4.83. The molecule has 0 bridgehead atoms. The molecular weight excluding hydrogens is 349 g/mol. The topological polar surface area (TPSA) is 75.9 Å². The lowest BCUT2D eigenvalue weighted by Crippen LogP contribution is -2.45. The minimum Gasteiger partial charge on any atom is -0.354 e. The zero-order valence-electron chi connectivity index (χ0n) is 14.0. The number of halogens is 3. The monoisotopic (exact) mass is 368 g/mol. The highest BCUT2D eigenvalue weighted by atomic mass is 19.4. The Labute approximate surface area is 147 Å². The van der Waals surface area contributed by atoms with E-state index in [-0.39, 0.29) is 0 Å². The minimum absolute atomic E-state index is 0.325. The molecule has 1 aliphatic heterocycles. The van der Waals surface area contributed by atoms with Crippen molar-refractivity contribution in [2.75, 3.05) is 24.5 Å². The van der Waals surface area contributed by atoms with E-state index in [9.17, 15) is 18.0 Å². The third kappa shape index (κ3) is 3.45. The summed E-state index contributed by atoms with van der Waals surface area (Å²) in [6.07, 6.45) is 2.32. The molecule has 0 unspecified atom stereocenters. The van der Waals surface area contributed by atoms with Gasteiger partial charge in [-0.05, 0) is 25.7 Å². The lowest BCUT2D eigenvalue weighted by atomic mass is 9.97. The van der Waals surface area contributed by atoms with Gasteiger partial charge in [-0.1, -0.05) is 0 Å². The molecule has 0 aromatic carbocycles. The standard InChI is InChI=1S/C16H19F3N6O/c17-16(18,19)7-20-15(26)10-2-1-5-24(6-10)13-12-14(22-8-21-13)25(9-23-12)11-3-4-11/h8-11H,1-7H2,(H,20,26)/t10-/m0/s1. The molecule has 1 aliphatic carbocycles. The van der Waals surface area contributed by atoms with Crippen molar-refractivity contribution in [1.82, 2.24) is 24.8 Å². The number of rotatable bonds is 4. The minimum atomic E-state index is -4.40. The summed E-state index contributed by atoms with van der Waals surface area (Å²) < 4.78 is 39.0. The number of hydrogen-bond donors (Lipinski definition) is 1. The summed E-state index contributed by atoms with van der Waals surface area (Å²) in [6, 6.07) is 0.435. The van der Waals surface area contributed by atoms with Crippen LogP contribution in [-0.4, -0.2) is 51.2 Å². The Hall–Kier alpha value is -2.39. The Balaban J connectivity index is 1.51. The van der Waals surface area contributed by atoms with Crippen LogP contribution in [0.25, 0.3) is 11.2 Å². The first-order valence-corrected chi connectivity index (χ1v) is 8.69. The fourth-order valence-electron chi connectivity index (χ4n) is 3.41. The molecule has 2 aromatic heterocycles. The molecule has 0 radical (unpaired) electrons. The van der Waals surface area contributed by atoms with E-state index in [1.165, 1.54) is 6.33 Å². The summed E-state index contributed by atoms with van der Waals surface area (Å²) in [5.41, 5.74) is 1.44. The zero-order valence-corrected chi connectivity index (χ0v) is 14.0. The highest BCUT2D eigenvalue weighted by Gasteiger charge is 2.33. The van der Waals surface area contributed by atoms with Gasteiger partial charge in [0, 0.05) is 19.1 Å². The van der Waals surface area contributed by atoms with Crippen molar-refractivity contribution in [2.45, 2.75) is 37.9 Å². The van der Waals surface area contributed by atoms with Crippen LogP contribution in [0.15, 0.2) is 12.7 Å². The van der Waals surface area contributed by atoms with Crippen LogP contribution in [0.2, 0.25) is 0 Å². The van der Waals surface area contributed by atoms with Gasteiger partial charge in [0.25, 0.3) is 0 Å². The Kier molecular flexibility index (Phi) is 4.20. The lowest BCUT2D eigenvalue weighted by molar-refractivity contribution is -0.140. The van der Waals surface area contributed by atoms with Crippen LogP contribution in [0.3, 0.4) is 0 Å². The molecule has 2 fully saturated rings. The maximum atomic E-state index is 12.3. The highest BCUT2D eigenvalue weighted by Crippen LogP contribution is 2.37. The predicted octanol–water partition coefficient (Wildman–Crippen LogP) is 2.06. The van der Waals surface area contributed by atoms with Gasteiger partial charge >= 0.3 is 6.18 Å². The third-order valence-corrected chi connectivity index (χ3v) is 4.83. The molecule has 140 valence electrons. The molecule has 1 saturated carbocycles. The molecule has 2 aromatic rings. The van der Waals surface area contributed by atoms with Crippen LogP contribution in [-0.2, 0) is 4.79 Å². The molecular formula is C16H19F3N6O. The molecule has 7 nitrogen and oxygen atoms in total. The SMILES string of the molecule is O=C(NCC(F)(F)F)[C@H]1CCCN(c2ncnc3c2ncn3C2CC2)C1. The Morgan fingerprint density at radius 3 is 2.77 bits per heavy atom. The molecule has 26 heavy (non-hydrogen) atoms. The van der Waals surface area contributed by atoms with Crippen molar-refractivity contribution < 1.29 is 18.0 Å². The van der Waals surface area contributed by atoms with Gasteiger partial charge in [0.1, 0.15) is 12.9 Å². The van der Waals surface area contributed by atoms with Crippen molar-refractivity contribution in [3.8, 4) is 0 Å². The quantitative estimate of drug-likeness (QED) is 0.894. The zero-order chi connectivity index (χ0) is 18.3. The number of carbonyl (C=O) groups is 1. The molecule has 4 rings (SSSR count). The van der Waals surface area contributed by atoms with E-state index in [1.54, 1.807) is 6.33 Å². The van der Waals surface area contributed by atoms with E-state index in [0.29, 0.717) is 43.3 Å². The van der Waals surface area contributed by atoms with Gasteiger partial charge in [-0.15, -0.1) is 0 Å². The number of hydrogen-bond acceptors (Lipinski definition) is 5. The first kappa shape index (κ1) is 17.0. The molecule has 0 spiro atoms.